The summed E-state index contributed by atoms with van der Waals surface area (Å²) in [6.07, 6.45) is 5.63. The Bertz CT molecular complexity index is 169. The molecule has 60 valence electrons. The fraction of sp³-hybridized carbons (Fsp3) is 0.667. The van der Waals surface area contributed by atoms with Gasteiger partial charge in [0, 0.05) is 6.04 Å². The lowest BCUT2D eigenvalue weighted by molar-refractivity contribution is 0.202. The van der Waals surface area contributed by atoms with Gasteiger partial charge in [-0.05, 0) is 19.4 Å². The zero-order chi connectivity index (χ0) is 8.10. The predicted molar refractivity (Wildman–Crippen MR) is 45.0 cm³/mol. The molecule has 0 spiro atoms. The summed E-state index contributed by atoms with van der Waals surface area (Å²) in [7, 11) is 0. The van der Waals surface area contributed by atoms with Gasteiger partial charge in [0.2, 0.25) is 0 Å². The van der Waals surface area contributed by atoms with Crippen LogP contribution in [0.1, 0.15) is 19.3 Å². The first kappa shape index (κ1) is 8.29. The molecule has 0 N–H and O–H groups in total. The summed E-state index contributed by atoms with van der Waals surface area (Å²) >= 11 is 0. The standard InChI is InChI=1S/C9H14N2/c1-2-9-5-3-4-7-11(9)8-6-10/h2,9H,1,3-5,7-8H2. The van der Waals surface area contributed by atoms with Crippen LogP contribution in [0.4, 0.5) is 0 Å². The number of nitriles is 1. The van der Waals surface area contributed by atoms with Crippen molar-refractivity contribution in [3.05, 3.63) is 12.7 Å². The van der Waals surface area contributed by atoms with E-state index in [9.17, 15) is 0 Å². The van der Waals surface area contributed by atoms with Crippen LogP contribution < -0.4 is 0 Å². The maximum atomic E-state index is 8.51. The molecule has 1 heterocycles. The van der Waals surface area contributed by atoms with Gasteiger partial charge in [-0.15, -0.1) is 6.58 Å². The Balaban J connectivity index is 2.45. The molecule has 0 aromatic rings. The number of likely N-dealkylation sites (tertiary alicyclic amines) is 1. The average molecular weight is 150 g/mol. The summed E-state index contributed by atoms with van der Waals surface area (Å²) in [6.45, 7) is 5.38. The molecule has 0 radical (unpaired) electrons. The molecule has 1 aliphatic heterocycles. The quantitative estimate of drug-likeness (QED) is 0.441. The van der Waals surface area contributed by atoms with Gasteiger partial charge >= 0.3 is 0 Å². The number of hydrogen-bond donors (Lipinski definition) is 0. The van der Waals surface area contributed by atoms with Crippen molar-refractivity contribution in [2.45, 2.75) is 25.3 Å². The molecular formula is C9H14N2. The molecule has 0 saturated carbocycles. The fourth-order valence-corrected chi connectivity index (χ4v) is 1.57. The van der Waals surface area contributed by atoms with Gasteiger partial charge in [-0.2, -0.15) is 5.26 Å². The smallest absolute Gasteiger partial charge is 0.0870 e. The van der Waals surface area contributed by atoms with Crippen LogP contribution >= 0.6 is 0 Å². The molecule has 1 aliphatic rings. The molecule has 0 aromatic heterocycles. The molecule has 2 nitrogen and oxygen atoms in total. The lowest BCUT2D eigenvalue weighted by Gasteiger charge is -2.31. The van der Waals surface area contributed by atoms with Crippen molar-refractivity contribution in [2.75, 3.05) is 13.1 Å². The Labute approximate surface area is 68.1 Å². The van der Waals surface area contributed by atoms with Gasteiger partial charge in [0.25, 0.3) is 0 Å². The highest BCUT2D eigenvalue weighted by atomic mass is 15.2. The van der Waals surface area contributed by atoms with E-state index < -0.39 is 0 Å². The highest BCUT2D eigenvalue weighted by molar-refractivity contribution is 4.93. The molecule has 1 fully saturated rings. The van der Waals surface area contributed by atoms with Crippen molar-refractivity contribution in [3.63, 3.8) is 0 Å². The largest absolute Gasteiger partial charge is 0.284 e. The summed E-state index contributed by atoms with van der Waals surface area (Å²) in [4.78, 5) is 2.19. The normalized spacial score (nSPS) is 25.9. The third-order valence-electron chi connectivity index (χ3n) is 2.21. The van der Waals surface area contributed by atoms with Crippen LogP contribution in [0.25, 0.3) is 0 Å². The second-order valence-corrected chi connectivity index (χ2v) is 2.93. The molecule has 11 heavy (non-hydrogen) atoms. The second kappa shape index (κ2) is 4.15. The van der Waals surface area contributed by atoms with Gasteiger partial charge < -0.3 is 0 Å². The van der Waals surface area contributed by atoms with Crippen molar-refractivity contribution in [2.24, 2.45) is 0 Å². The lowest BCUT2D eigenvalue weighted by atomic mass is 10.0. The molecule has 0 aliphatic carbocycles. The maximum Gasteiger partial charge on any atom is 0.0870 e. The molecule has 0 aromatic carbocycles. The zero-order valence-corrected chi connectivity index (χ0v) is 6.79. The van der Waals surface area contributed by atoms with Gasteiger partial charge in [0.1, 0.15) is 0 Å². The fourth-order valence-electron chi connectivity index (χ4n) is 1.57. The van der Waals surface area contributed by atoms with Crippen LogP contribution in [-0.2, 0) is 0 Å². The van der Waals surface area contributed by atoms with E-state index in [0.29, 0.717) is 12.6 Å². The van der Waals surface area contributed by atoms with Crippen LogP contribution in [0, 0.1) is 11.3 Å². The zero-order valence-electron chi connectivity index (χ0n) is 6.79. The minimum atomic E-state index is 0.448. The van der Waals surface area contributed by atoms with Crippen molar-refractivity contribution in [3.8, 4) is 6.07 Å². The minimum Gasteiger partial charge on any atom is -0.284 e. The Kier molecular flexibility index (Phi) is 3.13. The number of rotatable bonds is 2. The molecule has 1 atom stereocenters. The highest BCUT2D eigenvalue weighted by Gasteiger charge is 2.18. The Morgan fingerprint density at radius 1 is 1.64 bits per heavy atom. The number of piperidine rings is 1. The van der Waals surface area contributed by atoms with Crippen molar-refractivity contribution in [1.29, 1.82) is 5.26 Å². The molecular weight excluding hydrogens is 136 g/mol. The average Bonchev–Trinajstić information content (AvgIpc) is 2.06. The van der Waals surface area contributed by atoms with Gasteiger partial charge in [-0.25, -0.2) is 0 Å². The summed E-state index contributed by atoms with van der Waals surface area (Å²) in [5, 5.41) is 8.51. The van der Waals surface area contributed by atoms with Gasteiger partial charge in [0.05, 0.1) is 12.6 Å². The van der Waals surface area contributed by atoms with E-state index in [2.05, 4.69) is 17.5 Å². The van der Waals surface area contributed by atoms with Crippen LogP contribution in [-0.4, -0.2) is 24.0 Å². The molecule has 0 amide bonds. The van der Waals surface area contributed by atoms with Crippen LogP contribution in [0.15, 0.2) is 12.7 Å². The van der Waals surface area contributed by atoms with E-state index in [1.165, 1.54) is 19.3 Å². The van der Waals surface area contributed by atoms with E-state index in [-0.39, 0.29) is 0 Å². The maximum absolute atomic E-state index is 8.51. The third kappa shape index (κ3) is 2.06. The van der Waals surface area contributed by atoms with Crippen molar-refractivity contribution >= 4 is 0 Å². The third-order valence-corrected chi connectivity index (χ3v) is 2.21. The molecule has 1 unspecified atom stereocenters. The van der Waals surface area contributed by atoms with E-state index >= 15 is 0 Å². The first-order valence-corrected chi connectivity index (χ1v) is 4.12. The van der Waals surface area contributed by atoms with Crippen LogP contribution in [0.2, 0.25) is 0 Å². The lowest BCUT2D eigenvalue weighted by Crippen LogP contribution is -2.38. The monoisotopic (exact) mass is 150 g/mol. The SMILES string of the molecule is C=CC1CCCCN1CC#N. The summed E-state index contributed by atoms with van der Waals surface area (Å²) in [6, 6.07) is 2.63. The van der Waals surface area contributed by atoms with Gasteiger partial charge in [-0.3, -0.25) is 4.90 Å². The topological polar surface area (TPSA) is 27.0 Å². The molecule has 2 heteroatoms. The first-order chi connectivity index (χ1) is 5.38. The molecule has 1 rings (SSSR count). The van der Waals surface area contributed by atoms with Crippen molar-refractivity contribution in [1.82, 2.24) is 4.90 Å². The van der Waals surface area contributed by atoms with E-state index in [4.69, 9.17) is 5.26 Å². The van der Waals surface area contributed by atoms with E-state index in [1.54, 1.807) is 0 Å². The van der Waals surface area contributed by atoms with Crippen LogP contribution in [0.5, 0.6) is 0 Å². The van der Waals surface area contributed by atoms with E-state index in [1.807, 2.05) is 6.08 Å². The Morgan fingerprint density at radius 2 is 2.45 bits per heavy atom. The van der Waals surface area contributed by atoms with Gasteiger partial charge in [-0.1, -0.05) is 12.5 Å². The molecule has 1 saturated heterocycles. The minimum absolute atomic E-state index is 0.448. The van der Waals surface area contributed by atoms with Crippen molar-refractivity contribution < 1.29 is 0 Å². The van der Waals surface area contributed by atoms with E-state index in [0.717, 1.165) is 6.54 Å². The summed E-state index contributed by atoms with van der Waals surface area (Å²) in [5.41, 5.74) is 0. The Morgan fingerprint density at radius 3 is 3.09 bits per heavy atom. The number of hydrogen-bond acceptors (Lipinski definition) is 2. The highest BCUT2D eigenvalue weighted by Crippen LogP contribution is 2.16. The van der Waals surface area contributed by atoms with Crippen LogP contribution in [0.3, 0.4) is 0 Å². The summed E-state index contributed by atoms with van der Waals surface area (Å²) < 4.78 is 0. The summed E-state index contributed by atoms with van der Waals surface area (Å²) in [5.74, 6) is 0. The predicted octanol–water partition coefficient (Wildman–Crippen LogP) is 1.55. The second-order valence-electron chi connectivity index (χ2n) is 2.93. The first-order valence-electron chi connectivity index (χ1n) is 4.12. The Hall–Kier alpha value is -0.810. The molecule has 0 bridgehead atoms. The van der Waals surface area contributed by atoms with Gasteiger partial charge in [0.15, 0.2) is 0 Å². The number of nitrogens with zero attached hydrogens (tertiary/aromatic N) is 2.